The van der Waals surface area contributed by atoms with Gasteiger partial charge in [-0.25, -0.2) is 4.98 Å². The number of nitrogens with one attached hydrogen (secondary N) is 3. The Kier molecular flexibility index (Phi) is 5.35. The van der Waals surface area contributed by atoms with E-state index in [1.54, 1.807) is 0 Å². The number of anilines is 4. The van der Waals surface area contributed by atoms with Gasteiger partial charge in [0.2, 0.25) is 5.95 Å². The van der Waals surface area contributed by atoms with Crippen LogP contribution < -0.4 is 16.0 Å². The third-order valence-electron chi connectivity index (χ3n) is 5.84. The fraction of sp³-hybridized carbons (Fsp3) is 0.200. The lowest BCUT2D eigenvalue weighted by Crippen LogP contribution is -2.28. The number of aromatic amines is 2. The highest BCUT2D eigenvalue weighted by molar-refractivity contribution is 6.02. The van der Waals surface area contributed by atoms with E-state index in [2.05, 4.69) is 63.3 Å². The maximum Gasteiger partial charge on any atom is 0.229 e. The standard InChI is InChI=1S/C25H28N8/c1-32(2)12-13-33(3)22-9-8-16(14-20(22)26)29-25-30-23(18-10-11-27-24(18)31-25)19-15-28-21-7-5-4-6-17(19)21/h4-11,14-15,28H,12-13,26H2,1-3H3,(H2,27,29,30,31). The predicted molar refractivity (Wildman–Crippen MR) is 137 cm³/mol. The Labute approximate surface area is 192 Å². The maximum absolute atomic E-state index is 6.38. The Morgan fingerprint density at radius 3 is 2.61 bits per heavy atom. The summed E-state index contributed by atoms with van der Waals surface area (Å²) in [4.78, 5) is 20.4. The first-order chi connectivity index (χ1) is 16.0. The van der Waals surface area contributed by atoms with Gasteiger partial charge in [-0.1, -0.05) is 18.2 Å². The van der Waals surface area contributed by atoms with Gasteiger partial charge in [-0.2, -0.15) is 4.98 Å². The van der Waals surface area contributed by atoms with E-state index in [1.165, 1.54) is 0 Å². The SMILES string of the molecule is CN(C)CCN(C)c1ccc(Nc2nc(-c3c[nH]c4ccccc34)c3cc[nH]c3n2)cc1N. The number of nitrogen functional groups attached to an aromatic ring is 1. The molecule has 8 heteroatoms. The average molecular weight is 441 g/mol. The molecule has 0 saturated carbocycles. The van der Waals surface area contributed by atoms with Crippen molar-refractivity contribution in [2.45, 2.75) is 0 Å². The van der Waals surface area contributed by atoms with E-state index in [-0.39, 0.29) is 0 Å². The van der Waals surface area contributed by atoms with Gasteiger partial charge in [0.25, 0.3) is 0 Å². The topological polar surface area (TPSA) is 102 Å². The fourth-order valence-electron chi connectivity index (χ4n) is 4.05. The van der Waals surface area contributed by atoms with Gasteiger partial charge in [0.05, 0.1) is 17.1 Å². The van der Waals surface area contributed by atoms with E-state index in [1.807, 2.05) is 48.8 Å². The van der Waals surface area contributed by atoms with Gasteiger partial charge in [-0.05, 0) is 44.4 Å². The number of hydrogen-bond donors (Lipinski definition) is 4. The van der Waals surface area contributed by atoms with Crippen LogP contribution in [0.1, 0.15) is 0 Å². The van der Waals surface area contributed by atoms with Crippen LogP contribution in [0.15, 0.2) is 60.9 Å². The molecule has 8 nitrogen and oxygen atoms in total. The number of H-pyrrole nitrogens is 2. The molecule has 0 radical (unpaired) electrons. The Balaban J connectivity index is 1.47. The minimum absolute atomic E-state index is 0.512. The average Bonchev–Trinajstić information content (AvgIpc) is 3.44. The fourth-order valence-corrected chi connectivity index (χ4v) is 4.05. The molecule has 0 aliphatic heterocycles. The summed E-state index contributed by atoms with van der Waals surface area (Å²) in [5, 5.41) is 5.43. The Bertz CT molecular complexity index is 1410. The van der Waals surface area contributed by atoms with E-state index in [9.17, 15) is 0 Å². The minimum atomic E-state index is 0.512. The molecule has 0 fully saturated rings. The number of nitrogens with two attached hydrogens (primary N) is 1. The molecular formula is C25H28N8. The van der Waals surface area contributed by atoms with Crippen molar-refractivity contribution in [3.63, 3.8) is 0 Å². The number of nitrogens with zero attached hydrogens (tertiary/aromatic N) is 4. The zero-order valence-corrected chi connectivity index (χ0v) is 19.1. The molecule has 0 bridgehead atoms. The number of fused-ring (bicyclic) bond motifs is 2. The molecule has 5 rings (SSSR count). The largest absolute Gasteiger partial charge is 0.397 e. The smallest absolute Gasteiger partial charge is 0.229 e. The monoisotopic (exact) mass is 440 g/mol. The summed E-state index contributed by atoms with van der Waals surface area (Å²) in [5.41, 5.74) is 12.7. The molecule has 0 unspecified atom stereocenters. The van der Waals surface area contributed by atoms with Crippen molar-refractivity contribution in [3.8, 4) is 11.3 Å². The van der Waals surface area contributed by atoms with Crippen LogP contribution in [-0.4, -0.2) is 59.1 Å². The van der Waals surface area contributed by atoms with Gasteiger partial charge >= 0.3 is 0 Å². The highest BCUT2D eigenvalue weighted by Gasteiger charge is 2.15. The van der Waals surface area contributed by atoms with Crippen LogP contribution in [0.25, 0.3) is 33.2 Å². The normalized spacial score (nSPS) is 11.5. The van der Waals surface area contributed by atoms with Crippen LogP contribution in [0.5, 0.6) is 0 Å². The van der Waals surface area contributed by atoms with Crippen LogP contribution in [0, 0.1) is 0 Å². The van der Waals surface area contributed by atoms with E-state index in [0.29, 0.717) is 11.6 Å². The number of benzene rings is 2. The van der Waals surface area contributed by atoms with Crippen LogP contribution in [0.2, 0.25) is 0 Å². The Morgan fingerprint density at radius 1 is 0.939 bits per heavy atom. The molecule has 5 aromatic rings. The summed E-state index contributed by atoms with van der Waals surface area (Å²) < 4.78 is 0. The van der Waals surface area contributed by atoms with Crippen LogP contribution >= 0.6 is 0 Å². The molecule has 3 aromatic heterocycles. The molecule has 168 valence electrons. The Hall–Kier alpha value is -4.04. The predicted octanol–water partition coefficient (Wildman–Crippen LogP) is 4.43. The molecule has 33 heavy (non-hydrogen) atoms. The summed E-state index contributed by atoms with van der Waals surface area (Å²) in [6.45, 7) is 1.85. The van der Waals surface area contributed by atoms with Crippen molar-refractivity contribution in [1.82, 2.24) is 24.8 Å². The first-order valence-electron chi connectivity index (χ1n) is 10.9. The van der Waals surface area contributed by atoms with Gasteiger partial charge in [-0.15, -0.1) is 0 Å². The molecule has 0 aliphatic rings. The molecule has 0 spiro atoms. The first-order valence-corrected chi connectivity index (χ1v) is 10.9. The molecule has 0 atom stereocenters. The van der Waals surface area contributed by atoms with E-state index >= 15 is 0 Å². The van der Waals surface area contributed by atoms with Crippen molar-refractivity contribution < 1.29 is 0 Å². The number of aromatic nitrogens is 4. The van der Waals surface area contributed by atoms with E-state index < -0.39 is 0 Å². The van der Waals surface area contributed by atoms with Crippen molar-refractivity contribution in [1.29, 1.82) is 0 Å². The maximum atomic E-state index is 6.38. The van der Waals surface area contributed by atoms with E-state index in [4.69, 9.17) is 10.7 Å². The van der Waals surface area contributed by atoms with E-state index in [0.717, 1.165) is 57.7 Å². The zero-order chi connectivity index (χ0) is 22.9. The summed E-state index contributed by atoms with van der Waals surface area (Å²) in [5.74, 6) is 0.512. The number of hydrogen-bond acceptors (Lipinski definition) is 6. The third-order valence-corrected chi connectivity index (χ3v) is 5.84. The van der Waals surface area contributed by atoms with Crippen LogP contribution in [0.3, 0.4) is 0 Å². The molecule has 0 aliphatic carbocycles. The summed E-state index contributed by atoms with van der Waals surface area (Å²) >= 11 is 0. The molecule has 0 saturated heterocycles. The van der Waals surface area contributed by atoms with Crippen molar-refractivity contribution in [2.24, 2.45) is 0 Å². The second kappa shape index (κ2) is 8.48. The molecule has 3 heterocycles. The number of para-hydroxylation sites is 1. The Morgan fingerprint density at radius 2 is 1.79 bits per heavy atom. The molecule has 5 N–H and O–H groups in total. The zero-order valence-electron chi connectivity index (χ0n) is 19.1. The molecule has 0 amide bonds. The summed E-state index contributed by atoms with van der Waals surface area (Å²) in [6.07, 6.45) is 3.89. The van der Waals surface area contributed by atoms with Gasteiger partial charge in [0.15, 0.2) is 0 Å². The number of rotatable bonds is 7. The van der Waals surface area contributed by atoms with Crippen molar-refractivity contribution >= 4 is 44.9 Å². The van der Waals surface area contributed by atoms with Crippen LogP contribution in [-0.2, 0) is 0 Å². The van der Waals surface area contributed by atoms with Gasteiger partial charge in [-0.3, -0.25) is 0 Å². The lowest BCUT2D eigenvalue weighted by molar-refractivity contribution is 0.416. The summed E-state index contributed by atoms with van der Waals surface area (Å²) in [7, 11) is 6.18. The minimum Gasteiger partial charge on any atom is -0.397 e. The third kappa shape index (κ3) is 4.08. The first kappa shape index (κ1) is 20.8. The lowest BCUT2D eigenvalue weighted by Gasteiger charge is -2.23. The quantitative estimate of drug-likeness (QED) is 0.279. The van der Waals surface area contributed by atoms with Gasteiger partial charge in [0.1, 0.15) is 5.65 Å². The van der Waals surface area contributed by atoms with Crippen molar-refractivity contribution in [2.75, 3.05) is 50.2 Å². The van der Waals surface area contributed by atoms with Crippen molar-refractivity contribution in [3.05, 3.63) is 60.9 Å². The molecule has 2 aromatic carbocycles. The van der Waals surface area contributed by atoms with Crippen LogP contribution in [0.4, 0.5) is 23.0 Å². The van der Waals surface area contributed by atoms with Gasteiger partial charge in [0, 0.05) is 60.1 Å². The number of likely N-dealkylation sites (N-methyl/N-ethyl adjacent to an activating group) is 2. The molecular weight excluding hydrogens is 412 g/mol. The highest BCUT2D eigenvalue weighted by atomic mass is 15.2. The highest BCUT2D eigenvalue weighted by Crippen LogP contribution is 2.33. The lowest BCUT2D eigenvalue weighted by atomic mass is 10.1. The van der Waals surface area contributed by atoms with Gasteiger partial charge < -0.3 is 30.8 Å². The second-order valence-electron chi connectivity index (χ2n) is 8.51. The second-order valence-corrected chi connectivity index (χ2v) is 8.51. The summed E-state index contributed by atoms with van der Waals surface area (Å²) in [6, 6.07) is 16.2.